The van der Waals surface area contributed by atoms with E-state index in [2.05, 4.69) is 30.4 Å². The summed E-state index contributed by atoms with van der Waals surface area (Å²) < 4.78 is 51.4. The summed E-state index contributed by atoms with van der Waals surface area (Å²) in [7, 11) is -4.70. The molecule has 1 atom stereocenters. The zero-order chi connectivity index (χ0) is 27.9. The standard InChI is InChI=1S/C21H23N11O5S2/c1-12-18(21-31(27-12)19(28-32(21)23)13(2)29-5-7-37-8-6-29)25-26-20-14(10-22)11-24-30(20)16-9-15(38-33)3-4-17(16)39(34,35)36/h3-4,9,11,13,33H,5-8,23H2,1-2H3,(H,34,35,36). The van der Waals surface area contributed by atoms with Gasteiger partial charge in [0.15, 0.2) is 17.3 Å². The summed E-state index contributed by atoms with van der Waals surface area (Å²) in [5.41, 5.74) is 0.943. The lowest BCUT2D eigenvalue weighted by atomic mass is 10.2. The summed E-state index contributed by atoms with van der Waals surface area (Å²) in [4.78, 5) is 3.11. The summed E-state index contributed by atoms with van der Waals surface area (Å²) in [6.45, 7) is 6.40. The van der Waals surface area contributed by atoms with Crippen LogP contribution in [-0.4, -0.2) is 78.0 Å². The molecule has 1 aromatic carbocycles. The van der Waals surface area contributed by atoms with Crippen LogP contribution in [0.1, 0.15) is 30.0 Å². The molecule has 204 valence electrons. The minimum Gasteiger partial charge on any atom is -0.379 e. The monoisotopic (exact) mass is 573 g/mol. The van der Waals surface area contributed by atoms with Gasteiger partial charge in [0.2, 0.25) is 5.65 Å². The number of nitrogens with two attached hydrogens (primary N) is 1. The highest BCUT2D eigenvalue weighted by Crippen LogP contribution is 2.33. The molecule has 4 aromatic rings. The number of benzene rings is 1. The van der Waals surface area contributed by atoms with E-state index in [1.54, 1.807) is 11.4 Å². The number of hydrogen-bond donors (Lipinski definition) is 3. The third kappa shape index (κ3) is 4.87. The highest BCUT2D eigenvalue weighted by atomic mass is 32.2. The first kappa shape index (κ1) is 26.7. The highest BCUT2D eigenvalue weighted by Gasteiger charge is 2.27. The summed E-state index contributed by atoms with van der Waals surface area (Å²) in [6.07, 6.45) is 1.18. The van der Waals surface area contributed by atoms with E-state index in [0.717, 1.165) is 28.6 Å². The predicted molar refractivity (Wildman–Crippen MR) is 137 cm³/mol. The van der Waals surface area contributed by atoms with Crippen molar-refractivity contribution in [1.82, 2.24) is 34.2 Å². The van der Waals surface area contributed by atoms with E-state index in [4.69, 9.17) is 10.6 Å². The van der Waals surface area contributed by atoms with E-state index in [-0.39, 0.29) is 33.7 Å². The number of ether oxygens (including phenoxy) is 1. The minimum atomic E-state index is -4.70. The van der Waals surface area contributed by atoms with E-state index in [1.807, 2.05) is 13.0 Å². The topological polar surface area (TPSA) is 215 Å². The molecule has 39 heavy (non-hydrogen) atoms. The third-order valence-electron chi connectivity index (χ3n) is 6.27. The molecule has 18 heteroatoms. The van der Waals surface area contributed by atoms with Crippen molar-refractivity contribution in [1.29, 1.82) is 5.26 Å². The van der Waals surface area contributed by atoms with Crippen LogP contribution >= 0.6 is 12.0 Å². The molecule has 4 heterocycles. The van der Waals surface area contributed by atoms with Gasteiger partial charge in [0.1, 0.15) is 16.5 Å². The van der Waals surface area contributed by atoms with Gasteiger partial charge in [-0.05, 0) is 32.0 Å². The molecule has 0 bridgehead atoms. The van der Waals surface area contributed by atoms with Crippen LogP contribution < -0.4 is 5.84 Å². The number of fused-ring (bicyclic) bond motifs is 1. The largest absolute Gasteiger partial charge is 0.379 e. The Kier molecular flexibility index (Phi) is 7.11. The highest BCUT2D eigenvalue weighted by molar-refractivity contribution is 7.93. The number of nitrogen functional groups attached to an aromatic ring is 1. The van der Waals surface area contributed by atoms with Crippen molar-refractivity contribution >= 4 is 39.3 Å². The molecular weight excluding hydrogens is 550 g/mol. The fourth-order valence-electron chi connectivity index (χ4n) is 4.31. The average molecular weight is 574 g/mol. The Morgan fingerprint density at radius 1 is 1.26 bits per heavy atom. The van der Waals surface area contributed by atoms with Gasteiger partial charge in [0.25, 0.3) is 10.1 Å². The zero-order valence-corrected chi connectivity index (χ0v) is 22.3. The van der Waals surface area contributed by atoms with E-state index in [9.17, 15) is 22.8 Å². The van der Waals surface area contributed by atoms with Crippen molar-refractivity contribution in [2.45, 2.75) is 29.7 Å². The smallest absolute Gasteiger partial charge is 0.296 e. The molecule has 1 unspecified atom stereocenters. The van der Waals surface area contributed by atoms with Gasteiger partial charge in [0, 0.05) is 30.0 Å². The van der Waals surface area contributed by atoms with Crippen LogP contribution in [0.2, 0.25) is 0 Å². The Morgan fingerprint density at radius 2 is 2.00 bits per heavy atom. The van der Waals surface area contributed by atoms with Crippen molar-refractivity contribution in [3.05, 3.63) is 41.5 Å². The van der Waals surface area contributed by atoms with Crippen molar-refractivity contribution in [2.24, 2.45) is 10.2 Å². The maximum absolute atomic E-state index is 12.0. The van der Waals surface area contributed by atoms with Crippen molar-refractivity contribution < 1.29 is 22.3 Å². The number of azo groups is 1. The van der Waals surface area contributed by atoms with Crippen LogP contribution in [0.4, 0.5) is 11.5 Å². The summed E-state index contributed by atoms with van der Waals surface area (Å²) in [5, 5.41) is 31.2. The van der Waals surface area contributed by atoms with E-state index in [1.165, 1.54) is 18.3 Å². The molecule has 0 spiro atoms. The van der Waals surface area contributed by atoms with Crippen LogP contribution in [-0.2, 0) is 14.9 Å². The molecule has 0 radical (unpaired) electrons. The van der Waals surface area contributed by atoms with E-state index < -0.39 is 15.0 Å². The lowest BCUT2D eigenvalue weighted by molar-refractivity contribution is 0.0177. The zero-order valence-electron chi connectivity index (χ0n) is 20.7. The number of nitriles is 1. The maximum atomic E-state index is 12.0. The van der Waals surface area contributed by atoms with Crippen LogP contribution in [0, 0.1) is 18.3 Å². The van der Waals surface area contributed by atoms with Gasteiger partial charge in [-0.2, -0.15) is 33.2 Å². The Bertz CT molecular complexity index is 1730. The summed E-state index contributed by atoms with van der Waals surface area (Å²) in [6, 6.07) is 5.51. The lowest BCUT2D eigenvalue weighted by Gasteiger charge is -2.30. The molecule has 0 saturated carbocycles. The second kappa shape index (κ2) is 10.4. The van der Waals surface area contributed by atoms with Crippen LogP contribution in [0.3, 0.4) is 0 Å². The fourth-order valence-corrected chi connectivity index (χ4v) is 5.25. The molecule has 1 aliphatic heterocycles. The van der Waals surface area contributed by atoms with Gasteiger partial charge < -0.3 is 15.1 Å². The summed E-state index contributed by atoms with van der Waals surface area (Å²) in [5.74, 6) is 6.67. The van der Waals surface area contributed by atoms with E-state index in [0.29, 0.717) is 42.4 Å². The Balaban J connectivity index is 1.60. The van der Waals surface area contributed by atoms with Gasteiger partial charge in [-0.3, -0.25) is 9.45 Å². The van der Waals surface area contributed by atoms with Crippen molar-refractivity contribution in [2.75, 3.05) is 32.1 Å². The SMILES string of the molecule is Cc1nn2c(C(C)N3CCOCC3)nn(N)c2c1N=Nc1c(C#N)cnn1-c1cc(SO)ccc1S(=O)(=O)O. The molecule has 1 fully saturated rings. The van der Waals surface area contributed by atoms with Crippen LogP contribution in [0.15, 0.2) is 44.4 Å². The van der Waals surface area contributed by atoms with E-state index >= 15 is 0 Å². The number of rotatable bonds is 7. The molecule has 4 N–H and O–H groups in total. The number of hydrogen-bond acceptors (Lipinski definition) is 13. The van der Waals surface area contributed by atoms with Gasteiger partial charge in [-0.1, -0.05) is 0 Å². The van der Waals surface area contributed by atoms with Gasteiger partial charge in [-0.15, -0.1) is 15.3 Å². The van der Waals surface area contributed by atoms with Crippen LogP contribution in [0.5, 0.6) is 0 Å². The summed E-state index contributed by atoms with van der Waals surface area (Å²) >= 11 is 0.365. The normalized spacial score (nSPS) is 15.8. The minimum absolute atomic E-state index is 0.0222. The second-order valence-electron chi connectivity index (χ2n) is 8.60. The molecule has 1 aliphatic rings. The van der Waals surface area contributed by atoms with Crippen molar-refractivity contribution in [3.63, 3.8) is 0 Å². The Morgan fingerprint density at radius 3 is 2.67 bits per heavy atom. The number of morpholine rings is 1. The predicted octanol–water partition coefficient (Wildman–Crippen LogP) is 2.23. The quantitative estimate of drug-likeness (QED) is 0.126. The molecule has 16 nitrogen and oxygen atoms in total. The third-order valence-corrected chi connectivity index (χ3v) is 7.63. The molecule has 0 amide bonds. The first-order valence-corrected chi connectivity index (χ1v) is 13.7. The number of aryl methyl sites for hydroxylation is 1. The molecular formula is C21H23N11O5S2. The average Bonchev–Trinajstić information content (AvgIpc) is 3.58. The molecule has 1 saturated heterocycles. The fraction of sp³-hybridized carbons (Fsp3) is 0.333. The van der Waals surface area contributed by atoms with Gasteiger partial charge >= 0.3 is 0 Å². The molecule has 3 aromatic heterocycles. The maximum Gasteiger partial charge on any atom is 0.296 e. The first-order valence-electron chi connectivity index (χ1n) is 11.5. The Labute approximate surface area is 226 Å². The van der Waals surface area contributed by atoms with Gasteiger partial charge in [0.05, 0.1) is 36.8 Å². The van der Waals surface area contributed by atoms with Crippen LogP contribution in [0.25, 0.3) is 11.3 Å². The lowest BCUT2D eigenvalue weighted by Crippen LogP contribution is -2.38. The molecule has 0 aliphatic carbocycles. The first-order chi connectivity index (χ1) is 18.6. The van der Waals surface area contributed by atoms with Crippen molar-refractivity contribution in [3.8, 4) is 11.8 Å². The number of aromatic nitrogens is 6. The Hall–Kier alpha value is -3.86. The molecule has 5 rings (SSSR count). The second-order valence-corrected chi connectivity index (χ2v) is 10.6. The number of nitrogens with zero attached hydrogens (tertiary/aromatic N) is 10. The van der Waals surface area contributed by atoms with Gasteiger partial charge in [-0.25, -0.2) is 4.68 Å².